The van der Waals surface area contributed by atoms with Crippen LogP contribution in [0.5, 0.6) is 0 Å². The molecule has 4 aromatic rings. The van der Waals surface area contributed by atoms with Crippen molar-refractivity contribution in [3.8, 4) is 23.0 Å². The maximum Gasteiger partial charge on any atom is 0.176 e. The molecule has 0 saturated carbocycles. The number of aromatic amines is 1. The van der Waals surface area contributed by atoms with E-state index < -0.39 is 0 Å². The number of H-pyrrole nitrogens is 1. The van der Waals surface area contributed by atoms with Gasteiger partial charge in [-0.05, 0) is 45.0 Å². The number of nitrogens with zero attached hydrogens (tertiary/aromatic N) is 5. The Balaban J connectivity index is 1.61. The molecule has 0 aliphatic heterocycles. The average Bonchev–Trinajstić information content (AvgIpc) is 3.35. The van der Waals surface area contributed by atoms with Gasteiger partial charge in [-0.15, -0.1) is 0 Å². The molecule has 7 heteroatoms. The van der Waals surface area contributed by atoms with Crippen LogP contribution in [0.4, 0.5) is 0 Å². The molecule has 0 aromatic carbocycles. The highest BCUT2D eigenvalue weighted by molar-refractivity contribution is 5.58. The van der Waals surface area contributed by atoms with Crippen molar-refractivity contribution >= 4 is 0 Å². The third-order valence-corrected chi connectivity index (χ3v) is 4.28. The lowest BCUT2D eigenvalue weighted by molar-refractivity contribution is 0.429. The Labute approximate surface area is 145 Å². The van der Waals surface area contributed by atoms with E-state index in [2.05, 4.69) is 44.8 Å². The molecule has 0 spiro atoms. The second-order valence-corrected chi connectivity index (χ2v) is 6.25. The lowest BCUT2D eigenvalue weighted by atomic mass is 10.3. The largest absolute Gasteiger partial charge is 0.451 e. The van der Waals surface area contributed by atoms with Gasteiger partial charge in [0.2, 0.25) is 0 Å². The average molecular weight is 336 g/mol. The summed E-state index contributed by atoms with van der Waals surface area (Å²) in [6.07, 6.45) is 5.48. The predicted molar refractivity (Wildman–Crippen MR) is 93.9 cm³/mol. The summed E-state index contributed by atoms with van der Waals surface area (Å²) in [7, 11) is 0. The summed E-state index contributed by atoms with van der Waals surface area (Å²) in [5, 5.41) is 11.4. The molecule has 0 bridgehead atoms. The summed E-state index contributed by atoms with van der Waals surface area (Å²) < 4.78 is 10.1. The van der Waals surface area contributed by atoms with E-state index >= 15 is 0 Å². The van der Waals surface area contributed by atoms with Gasteiger partial charge in [-0.25, -0.2) is 4.98 Å². The van der Waals surface area contributed by atoms with Gasteiger partial charge < -0.3 is 8.98 Å². The summed E-state index contributed by atoms with van der Waals surface area (Å²) in [5.74, 6) is 2.28. The van der Waals surface area contributed by atoms with Gasteiger partial charge >= 0.3 is 0 Å². The maximum atomic E-state index is 5.96. The molecule has 0 aliphatic carbocycles. The number of rotatable bonds is 5. The van der Waals surface area contributed by atoms with Crippen LogP contribution >= 0.6 is 0 Å². The van der Waals surface area contributed by atoms with Gasteiger partial charge in [0.25, 0.3) is 0 Å². The Morgan fingerprint density at radius 1 is 1.16 bits per heavy atom. The van der Waals surface area contributed by atoms with E-state index in [1.165, 1.54) is 0 Å². The van der Waals surface area contributed by atoms with E-state index in [1.807, 2.05) is 36.0 Å². The van der Waals surface area contributed by atoms with Crippen molar-refractivity contribution < 1.29 is 4.42 Å². The first-order valence-corrected chi connectivity index (χ1v) is 8.25. The minimum atomic E-state index is 0.191. The van der Waals surface area contributed by atoms with E-state index in [4.69, 9.17) is 4.42 Å². The Kier molecular flexibility index (Phi) is 3.76. The van der Waals surface area contributed by atoms with Crippen LogP contribution in [0, 0.1) is 13.8 Å². The van der Waals surface area contributed by atoms with Crippen molar-refractivity contribution in [1.29, 1.82) is 0 Å². The van der Waals surface area contributed by atoms with Crippen LogP contribution in [0.2, 0.25) is 0 Å². The zero-order valence-electron chi connectivity index (χ0n) is 14.5. The number of imidazole rings is 1. The van der Waals surface area contributed by atoms with E-state index in [0.29, 0.717) is 0 Å². The van der Waals surface area contributed by atoms with E-state index in [0.717, 1.165) is 41.0 Å². The molecule has 4 rings (SSSR count). The molecule has 1 N–H and O–H groups in total. The smallest absolute Gasteiger partial charge is 0.176 e. The number of aryl methyl sites for hydroxylation is 2. The quantitative estimate of drug-likeness (QED) is 0.604. The number of hydrogen-bond acceptors (Lipinski definition) is 4. The van der Waals surface area contributed by atoms with Crippen molar-refractivity contribution in [2.24, 2.45) is 0 Å². The summed E-state index contributed by atoms with van der Waals surface area (Å²) in [6, 6.07) is 8.01. The van der Waals surface area contributed by atoms with Gasteiger partial charge in [0.1, 0.15) is 5.69 Å². The zero-order valence-corrected chi connectivity index (χ0v) is 14.5. The maximum absolute atomic E-state index is 5.96. The highest BCUT2D eigenvalue weighted by Gasteiger charge is 2.17. The highest BCUT2D eigenvalue weighted by Crippen LogP contribution is 2.28. The molecule has 0 unspecified atom stereocenters. The first kappa shape index (κ1) is 15.4. The van der Waals surface area contributed by atoms with Gasteiger partial charge in [0.15, 0.2) is 17.3 Å². The van der Waals surface area contributed by atoms with E-state index in [9.17, 15) is 0 Å². The molecule has 0 radical (unpaired) electrons. The van der Waals surface area contributed by atoms with Crippen LogP contribution in [0.1, 0.15) is 24.4 Å². The SMILES string of the molecule is Cc1cc(C)n(C[C@@H](C)n2ccnc2-c2ccc(-c3ccn[nH]3)o2)n1. The molecule has 4 aromatic heterocycles. The first-order chi connectivity index (χ1) is 12.1. The fourth-order valence-electron chi connectivity index (χ4n) is 3.05. The topological polar surface area (TPSA) is 77.5 Å². The third-order valence-electron chi connectivity index (χ3n) is 4.28. The number of nitrogens with one attached hydrogen (secondary N) is 1. The third kappa shape index (κ3) is 2.88. The standard InChI is InChI=1S/C18H20N6O/c1-12-10-13(2)24(22-12)11-14(3)23-9-8-19-18(23)17-5-4-16(25-17)15-6-7-20-21-15/h4-10,14H,11H2,1-3H3,(H,20,21)/t14-/m1/s1. The summed E-state index contributed by atoms with van der Waals surface area (Å²) in [6.45, 7) is 7.01. The van der Waals surface area contributed by atoms with Crippen LogP contribution < -0.4 is 0 Å². The molecule has 7 nitrogen and oxygen atoms in total. The van der Waals surface area contributed by atoms with Gasteiger partial charge in [-0.1, -0.05) is 0 Å². The second kappa shape index (κ2) is 6.08. The monoisotopic (exact) mass is 336 g/mol. The summed E-state index contributed by atoms with van der Waals surface area (Å²) >= 11 is 0. The molecule has 128 valence electrons. The minimum absolute atomic E-state index is 0.191. The summed E-state index contributed by atoms with van der Waals surface area (Å²) in [4.78, 5) is 4.49. The lowest BCUT2D eigenvalue weighted by Gasteiger charge is -2.16. The van der Waals surface area contributed by atoms with Crippen molar-refractivity contribution in [1.82, 2.24) is 29.5 Å². The molecule has 0 fully saturated rings. The van der Waals surface area contributed by atoms with Gasteiger partial charge in [-0.3, -0.25) is 9.78 Å². The molecular formula is C18H20N6O. The molecular weight excluding hydrogens is 316 g/mol. The lowest BCUT2D eigenvalue weighted by Crippen LogP contribution is -2.15. The van der Waals surface area contributed by atoms with Gasteiger partial charge in [0, 0.05) is 24.3 Å². The Morgan fingerprint density at radius 3 is 2.72 bits per heavy atom. The molecule has 0 saturated heterocycles. The second-order valence-electron chi connectivity index (χ2n) is 6.25. The number of aromatic nitrogens is 6. The molecule has 1 atom stereocenters. The Hall–Kier alpha value is -3.09. The van der Waals surface area contributed by atoms with Crippen LogP contribution in [-0.4, -0.2) is 29.5 Å². The van der Waals surface area contributed by atoms with Gasteiger partial charge in [0.05, 0.1) is 18.3 Å². The number of hydrogen-bond donors (Lipinski definition) is 1. The molecule has 0 aliphatic rings. The minimum Gasteiger partial charge on any atom is -0.451 e. The highest BCUT2D eigenvalue weighted by atomic mass is 16.3. The fourth-order valence-corrected chi connectivity index (χ4v) is 3.05. The number of furan rings is 1. The molecule has 4 heterocycles. The molecule has 0 amide bonds. The van der Waals surface area contributed by atoms with E-state index in [1.54, 1.807) is 12.4 Å². The zero-order chi connectivity index (χ0) is 17.4. The summed E-state index contributed by atoms with van der Waals surface area (Å²) in [5.41, 5.74) is 3.04. The van der Waals surface area contributed by atoms with Crippen LogP contribution in [-0.2, 0) is 6.54 Å². The van der Waals surface area contributed by atoms with Crippen molar-refractivity contribution in [3.63, 3.8) is 0 Å². The fraction of sp³-hybridized carbons (Fsp3) is 0.278. The van der Waals surface area contributed by atoms with Crippen molar-refractivity contribution in [2.45, 2.75) is 33.4 Å². The first-order valence-electron chi connectivity index (χ1n) is 8.25. The van der Waals surface area contributed by atoms with Gasteiger partial charge in [-0.2, -0.15) is 10.2 Å². The van der Waals surface area contributed by atoms with Crippen molar-refractivity contribution in [2.75, 3.05) is 0 Å². The van der Waals surface area contributed by atoms with Crippen molar-refractivity contribution in [3.05, 3.63) is 54.2 Å². The normalized spacial score (nSPS) is 12.6. The Bertz CT molecular complexity index is 975. The molecule has 25 heavy (non-hydrogen) atoms. The predicted octanol–water partition coefficient (Wildman–Crippen LogP) is 3.61. The Morgan fingerprint density at radius 2 is 2.00 bits per heavy atom. The van der Waals surface area contributed by atoms with Crippen LogP contribution in [0.3, 0.4) is 0 Å². The van der Waals surface area contributed by atoms with Crippen LogP contribution in [0.15, 0.2) is 47.3 Å². The van der Waals surface area contributed by atoms with E-state index in [-0.39, 0.29) is 6.04 Å². The van der Waals surface area contributed by atoms with Crippen LogP contribution in [0.25, 0.3) is 23.0 Å².